The summed E-state index contributed by atoms with van der Waals surface area (Å²) in [6, 6.07) is 10.9. The van der Waals surface area contributed by atoms with E-state index in [1.54, 1.807) is 12.1 Å². The molecule has 0 saturated carbocycles. The van der Waals surface area contributed by atoms with Crippen molar-refractivity contribution in [2.45, 2.75) is 39.3 Å². The molecule has 23 heavy (non-hydrogen) atoms. The van der Waals surface area contributed by atoms with Crippen LogP contribution in [0, 0.1) is 13.8 Å². The summed E-state index contributed by atoms with van der Waals surface area (Å²) in [5.74, 6) is 0.0278. The van der Waals surface area contributed by atoms with Gasteiger partial charge in [-0.2, -0.15) is 13.2 Å². The molecule has 0 aliphatic heterocycles. The molecule has 2 aromatic rings. The van der Waals surface area contributed by atoms with Crippen molar-refractivity contribution in [1.29, 1.82) is 0 Å². The van der Waals surface area contributed by atoms with E-state index in [1.807, 2.05) is 26.0 Å². The summed E-state index contributed by atoms with van der Waals surface area (Å²) in [6.45, 7) is 3.94. The first-order valence-corrected chi connectivity index (χ1v) is 7.54. The van der Waals surface area contributed by atoms with Crippen LogP contribution in [0.3, 0.4) is 0 Å². The Morgan fingerprint density at radius 1 is 1.00 bits per heavy atom. The normalized spacial score (nSPS) is 11.5. The summed E-state index contributed by atoms with van der Waals surface area (Å²) in [5.41, 5.74) is 2.82. The predicted octanol–water partition coefficient (Wildman–Crippen LogP) is 5.53. The molecule has 2 rings (SSSR count). The van der Waals surface area contributed by atoms with Gasteiger partial charge in [-0.1, -0.05) is 30.3 Å². The Hall–Kier alpha value is -2.10. The predicted molar refractivity (Wildman–Crippen MR) is 84.6 cm³/mol. The van der Waals surface area contributed by atoms with E-state index in [9.17, 15) is 18.0 Å². The zero-order valence-electron chi connectivity index (χ0n) is 13.2. The molecule has 0 aliphatic rings. The topological polar surface area (TPSA) is 17.1 Å². The Kier molecular flexibility index (Phi) is 5.24. The molecule has 0 amide bonds. The van der Waals surface area contributed by atoms with E-state index in [1.165, 1.54) is 6.07 Å². The van der Waals surface area contributed by atoms with E-state index in [-0.39, 0.29) is 5.78 Å². The van der Waals surface area contributed by atoms with Gasteiger partial charge in [0.05, 0.1) is 5.56 Å². The molecular formula is C19H19F3O. The third-order valence-electron chi connectivity index (χ3n) is 3.95. The summed E-state index contributed by atoms with van der Waals surface area (Å²) in [6.07, 6.45) is -3.00. The van der Waals surface area contributed by atoms with E-state index in [2.05, 4.69) is 0 Å². The van der Waals surface area contributed by atoms with Gasteiger partial charge in [0.25, 0.3) is 0 Å². The highest BCUT2D eigenvalue weighted by Gasteiger charge is 2.30. The number of rotatable bonds is 5. The number of alkyl halides is 3. The lowest BCUT2D eigenvalue weighted by atomic mass is 9.99. The Bertz CT molecular complexity index is 702. The Morgan fingerprint density at radius 3 is 2.39 bits per heavy atom. The van der Waals surface area contributed by atoms with Crippen LogP contribution in [0.2, 0.25) is 0 Å². The van der Waals surface area contributed by atoms with Crippen LogP contribution >= 0.6 is 0 Å². The Labute approximate surface area is 134 Å². The molecule has 0 unspecified atom stereocenters. The lowest BCUT2D eigenvalue weighted by Gasteiger charge is -2.09. The fraction of sp³-hybridized carbons (Fsp3) is 0.316. The summed E-state index contributed by atoms with van der Waals surface area (Å²) in [4.78, 5) is 12.1. The smallest absolute Gasteiger partial charge is 0.294 e. The highest BCUT2D eigenvalue weighted by atomic mass is 19.4. The molecule has 4 heteroatoms. The van der Waals surface area contributed by atoms with Crippen LogP contribution in [0.5, 0.6) is 0 Å². The van der Waals surface area contributed by atoms with Crippen molar-refractivity contribution in [1.82, 2.24) is 0 Å². The van der Waals surface area contributed by atoms with E-state index in [0.717, 1.165) is 23.3 Å². The number of carbonyl (C=O) groups is 1. The van der Waals surface area contributed by atoms with Gasteiger partial charge in [-0.05, 0) is 55.5 Å². The second-order valence-electron chi connectivity index (χ2n) is 5.77. The number of aryl methyl sites for hydroxylation is 3. The van der Waals surface area contributed by atoms with Crippen molar-refractivity contribution < 1.29 is 18.0 Å². The minimum atomic E-state index is -4.33. The third-order valence-corrected chi connectivity index (χ3v) is 3.95. The highest BCUT2D eigenvalue weighted by molar-refractivity contribution is 5.96. The average Bonchev–Trinajstić information content (AvgIpc) is 2.49. The number of ketones is 1. The molecule has 0 bridgehead atoms. The number of hydrogen-bond donors (Lipinski definition) is 0. The molecule has 0 aliphatic carbocycles. The lowest BCUT2D eigenvalue weighted by molar-refractivity contribution is -0.137. The van der Waals surface area contributed by atoms with Crippen molar-refractivity contribution in [3.8, 4) is 0 Å². The SMILES string of the molecule is Cc1ccc(C(=O)CCCc2cccc(C(F)(F)F)c2)cc1C. The van der Waals surface area contributed by atoms with Crippen molar-refractivity contribution >= 4 is 5.78 Å². The van der Waals surface area contributed by atoms with Crippen LogP contribution in [-0.4, -0.2) is 5.78 Å². The number of carbonyl (C=O) groups excluding carboxylic acids is 1. The number of halogens is 3. The Balaban J connectivity index is 1.94. The maximum atomic E-state index is 12.7. The molecule has 0 spiro atoms. The maximum Gasteiger partial charge on any atom is 0.416 e. The summed E-state index contributed by atoms with van der Waals surface area (Å²) >= 11 is 0. The molecule has 1 nitrogen and oxygen atoms in total. The van der Waals surface area contributed by atoms with Crippen LogP contribution in [-0.2, 0) is 12.6 Å². The van der Waals surface area contributed by atoms with E-state index < -0.39 is 11.7 Å². The molecule has 0 N–H and O–H groups in total. The molecule has 0 radical (unpaired) electrons. The average molecular weight is 320 g/mol. The van der Waals surface area contributed by atoms with Gasteiger partial charge in [0.15, 0.2) is 5.78 Å². The monoisotopic (exact) mass is 320 g/mol. The molecular weight excluding hydrogens is 301 g/mol. The molecule has 0 heterocycles. The molecule has 0 fully saturated rings. The number of Topliss-reactive ketones (excluding diaryl/α,β-unsaturated/α-hetero) is 1. The van der Waals surface area contributed by atoms with E-state index >= 15 is 0 Å². The zero-order chi connectivity index (χ0) is 17.0. The van der Waals surface area contributed by atoms with Gasteiger partial charge in [-0.3, -0.25) is 4.79 Å². The van der Waals surface area contributed by atoms with Crippen LogP contribution in [0.15, 0.2) is 42.5 Å². The van der Waals surface area contributed by atoms with Gasteiger partial charge in [0.1, 0.15) is 0 Å². The van der Waals surface area contributed by atoms with Gasteiger partial charge in [-0.25, -0.2) is 0 Å². The van der Waals surface area contributed by atoms with Gasteiger partial charge >= 0.3 is 6.18 Å². The van der Waals surface area contributed by atoms with Crippen molar-refractivity contribution in [2.24, 2.45) is 0 Å². The van der Waals surface area contributed by atoms with Crippen LogP contribution in [0.1, 0.15) is 45.5 Å². The first kappa shape index (κ1) is 17.3. The summed E-state index contributed by atoms with van der Waals surface area (Å²) in [5, 5.41) is 0. The lowest BCUT2D eigenvalue weighted by Crippen LogP contribution is -2.05. The second-order valence-corrected chi connectivity index (χ2v) is 5.77. The standard InChI is InChI=1S/C19H19F3O/c1-13-9-10-16(11-14(13)2)18(23)8-4-6-15-5-3-7-17(12-15)19(20,21)22/h3,5,7,9-12H,4,6,8H2,1-2H3. The van der Waals surface area contributed by atoms with Gasteiger partial charge in [0, 0.05) is 12.0 Å². The first-order valence-electron chi connectivity index (χ1n) is 7.54. The number of hydrogen-bond acceptors (Lipinski definition) is 1. The van der Waals surface area contributed by atoms with Crippen molar-refractivity contribution in [3.05, 3.63) is 70.3 Å². The van der Waals surface area contributed by atoms with Gasteiger partial charge < -0.3 is 0 Å². The highest BCUT2D eigenvalue weighted by Crippen LogP contribution is 2.29. The first-order chi connectivity index (χ1) is 10.8. The largest absolute Gasteiger partial charge is 0.416 e. The van der Waals surface area contributed by atoms with Crippen molar-refractivity contribution in [2.75, 3.05) is 0 Å². The Morgan fingerprint density at radius 2 is 1.74 bits per heavy atom. The van der Waals surface area contributed by atoms with Crippen LogP contribution < -0.4 is 0 Å². The fourth-order valence-electron chi connectivity index (χ4n) is 2.42. The molecule has 0 aromatic heterocycles. The molecule has 0 saturated heterocycles. The molecule has 122 valence electrons. The number of benzene rings is 2. The molecule has 0 atom stereocenters. The minimum Gasteiger partial charge on any atom is -0.294 e. The van der Waals surface area contributed by atoms with Crippen molar-refractivity contribution in [3.63, 3.8) is 0 Å². The fourth-order valence-corrected chi connectivity index (χ4v) is 2.42. The van der Waals surface area contributed by atoms with Gasteiger partial charge in [-0.15, -0.1) is 0 Å². The summed E-state index contributed by atoms with van der Waals surface area (Å²) < 4.78 is 38.0. The second kappa shape index (κ2) is 6.99. The van der Waals surface area contributed by atoms with Gasteiger partial charge in [0.2, 0.25) is 0 Å². The minimum absolute atomic E-state index is 0.0278. The maximum absolute atomic E-state index is 12.7. The van der Waals surface area contributed by atoms with E-state index in [4.69, 9.17) is 0 Å². The summed E-state index contributed by atoms with van der Waals surface area (Å²) in [7, 11) is 0. The quantitative estimate of drug-likeness (QED) is 0.662. The third kappa shape index (κ3) is 4.68. The molecule has 2 aromatic carbocycles. The van der Waals surface area contributed by atoms with Crippen LogP contribution in [0.25, 0.3) is 0 Å². The van der Waals surface area contributed by atoms with Crippen LogP contribution in [0.4, 0.5) is 13.2 Å². The van der Waals surface area contributed by atoms with E-state index in [0.29, 0.717) is 30.4 Å². The zero-order valence-corrected chi connectivity index (χ0v) is 13.2.